The first-order valence-corrected chi connectivity index (χ1v) is 10.9. The Morgan fingerprint density at radius 3 is 2.57 bits per heavy atom. The van der Waals surface area contributed by atoms with Gasteiger partial charge in [-0.3, -0.25) is 4.90 Å². The van der Waals surface area contributed by atoms with Gasteiger partial charge in [0.2, 0.25) is 0 Å². The molecule has 0 spiro atoms. The number of aliphatic hydroxyl groups excluding tert-OH is 1. The number of aromatic nitrogens is 1. The summed E-state index contributed by atoms with van der Waals surface area (Å²) in [5, 5.41) is 10.6. The maximum Gasteiger partial charge on any atom is 0.0900 e. The molecule has 1 saturated carbocycles. The number of benzene rings is 2. The highest BCUT2D eigenvalue weighted by atomic mass is 16.5. The molecule has 0 radical (unpaired) electrons. The summed E-state index contributed by atoms with van der Waals surface area (Å²) >= 11 is 0. The van der Waals surface area contributed by atoms with E-state index in [1.54, 1.807) is 0 Å². The number of hydrogen-bond donors (Lipinski definition) is 1. The lowest BCUT2D eigenvalue weighted by atomic mass is 10.1. The summed E-state index contributed by atoms with van der Waals surface area (Å²) in [6, 6.07) is 23.6. The van der Waals surface area contributed by atoms with Crippen molar-refractivity contribution < 1.29 is 9.84 Å². The van der Waals surface area contributed by atoms with Crippen LogP contribution in [0, 0.1) is 6.92 Å². The summed E-state index contributed by atoms with van der Waals surface area (Å²) in [6.07, 6.45) is 4.12. The predicted octanol–water partition coefficient (Wildman–Crippen LogP) is 4.39. The topological polar surface area (TPSA) is 37.6 Å². The van der Waals surface area contributed by atoms with Crippen LogP contribution in [0.4, 0.5) is 0 Å². The molecular weight excluding hydrogens is 372 g/mol. The minimum absolute atomic E-state index is 0.363. The van der Waals surface area contributed by atoms with Gasteiger partial charge in [0.25, 0.3) is 0 Å². The zero-order valence-electron chi connectivity index (χ0n) is 17.8. The highest BCUT2D eigenvalue weighted by molar-refractivity contribution is 5.26. The number of aryl methyl sites for hydroxylation is 1. The van der Waals surface area contributed by atoms with Crippen LogP contribution in [-0.4, -0.2) is 39.9 Å². The Bertz CT molecular complexity index is 918. The van der Waals surface area contributed by atoms with Gasteiger partial charge < -0.3 is 14.4 Å². The van der Waals surface area contributed by atoms with Crippen LogP contribution in [0.25, 0.3) is 0 Å². The van der Waals surface area contributed by atoms with Gasteiger partial charge in [0.1, 0.15) is 0 Å². The Morgan fingerprint density at radius 2 is 1.80 bits per heavy atom. The lowest BCUT2D eigenvalue weighted by Gasteiger charge is -2.25. The average molecular weight is 405 g/mol. The van der Waals surface area contributed by atoms with Gasteiger partial charge in [0, 0.05) is 37.6 Å². The zero-order valence-corrected chi connectivity index (χ0v) is 17.8. The van der Waals surface area contributed by atoms with Crippen LogP contribution >= 0.6 is 0 Å². The fourth-order valence-electron chi connectivity index (χ4n) is 3.92. The lowest BCUT2D eigenvalue weighted by Crippen LogP contribution is -2.36. The number of hydrogen-bond acceptors (Lipinski definition) is 3. The van der Waals surface area contributed by atoms with E-state index < -0.39 is 6.10 Å². The van der Waals surface area contributed by atoms with Crippen molar-refractivity contribution in [1.29, 1.82) is 0 Å². The SMILES string of the molecule is Cc1ccccc1Cn1cccc1CN(C[C@@H](O)COCc1ccccc1)C1CC1. The second-order valence-corrected chi connectivity index (χ2v) is 8.37. The molecule has 2 aromatic carbocycles. The van der Waals surface area contributed by atoms with Gasteiger partial charge in [-0.2, -0.15) is 0 Å². The second kappa shape index (κ2) is 10.1. The van der Waals surface area contributed by atoms with Crippen molar-refractivity contribution in [2.75, 3.05) is 13.2 Å². The first kappa shape index (κ1) is 20.9. The normalized spacial score (nSPS) is 14.9. The van der Waals surface area contributed by atoms with Crippen LogP contribution in [-0.2, 0) is 24.4 Å². The quantitative estimate of drug-likeness (QED) is 0.515. The molecule has 1 aliphatic carbocycles. The van der Waals surface area contributed by atoms with E-state index in [0.717, 1.165) is 18.7 Å². The lowest BCUT2D eigenvalue weighted by molar-refractivity contribution is 0.00672. The molecule has 1 aliphatic rings. The number of aliphatic hydroxyl groups is 1. The van der Waals surface area contributed by atoms with Crippen molar-refractivity contribution >= 4 is 0 Å². The molecule has 30 heavy (non-hydrogen) atoms. The van der Waals surface area contributed by atoms with Crippen molar-refractivity contribution in [2.24, 2.45) is 0 Å². The minimum atomic E-state index is -0.478. The Kier molecular flexibility index (Phi) is 7.00. The van der Waals surface area contributed by atoms with E-state index in [9.17, 15) is 5.11 Å². The molecule has 1 heterocycles. The maximum atomic E-state index is 10.6. The van der Waals surface area contributed by atoms with Crippen molar-refractivity contribution in [3.8, 4) is 0 Å². The molecule has 1 fully saturated rings. The van der Waals surface area contributed by atoms with Gasteiger partial charge >= 0.3 is 0 Å². The smallest absolute Gasteiger partial charge is 0.0900 e. The average Bonchev–Trinajstić information content (AvgIpc) is 3.51. The molecule has 1 atom stereocenters. The standard InChI is InChI=1S/C26H32N2O2/c1-21-8-5-6-11-23(21)16-27-15-7-12-25(27)17-28(24-13-14-24)18-26(29)20-30-19-22-9-3-2-4-10-22/h2-12,15,24,26,29H,13-14,16-20H2,1H3/t26-/m1/s1. The summed E-state index contributed by atoms with van der Waals surface area (Å²) in [4.78, 5) is 2.42. The molecule has 1 N–H and O–H groups in total. The predicted molar refractivity (Wildman–Crippen MR) is 120 cm³/mol. The summed E-state index contributed by atoms with van der Waals surface area (Å²) in [7, 11) is 0. The third-order valence-electron chi connectivity index (χ3n) is 5.82. The highest BCUT2D eigenvalue weighted by Crippen LogP contribution is 2.29. The third kappa shape index (κ3) is 5.82. The molecule has 3 aromatic rings. The zero-order chi connectivity index (χ0) is 20.8. The molecule has 158 valence electrons. The summed E-state index contributed by atoms with van der Waals surface area (Å²) in [6.45, 7) is 5.47. The summed E-state index contributed by atoms with van der Waals surface area (Å²) in [5.41, 5.74) is 5.10. The van der Waals surface area contributed by atoms with Crippen LogP contribution in [0.3, 0.4) is 0 Å². The second-order valence-electron chi connectivity index (χ2n) is 8.37. The number of nitrogens with zero attached hydrogens (tertiary/aromatic N) is 2. The van der Waals surface area contributed by atoms with Crippen LogP contribution < -0.4 is 0 Å². The van der Waals surface area contributed by atoms with Crippen molar-refractivity contribution in [3.63, 3.8) is 0 Å². The molecule has 4 heteroatoms. The first-order chi connectivity index (χ1) is 14.7. The van der Waals surface area contributed by atoms with Crippen molar-refractivity contribution in [2.45, 2.75) is 51.6 Å². The van der Waals surface area contributed by atoms with Gasteiger partial charge in [-0.25, -0.2) is 0 Å². The van der Waals surface area contributed by atoms with E-state index in [4.69, 9.17) is 4.74 Å². The Hall–Kier alpha value is -2.40. The van der Waals surface area contributed by atoms with Gasteiger partial charge in [0.15, 0.2) is 0 Å². The van der Waals surface area contributed by atoms with Gasteiger partial charge in [0.05, 0.1) is 19.3 Å². The molecule has 4 nitrogen and oxygen atoms in total. The third-order valence-corrected chi connectivity index (χ3v) is 5.82. The molecular formula is C26H32N2O2. The minimum Gasteiger partial charge on any atom is -0.389 e. The fourth-order valence-corrected chi connectivity index (χ4v) is 3.92. The number of ether oxygens (including phenoxy) is 1. The number of rotatable bonds is 11. The van der Waals surface area contributed by atoms with Crippen LogP contribution in [0.2, 0.25) is 0 Å². The molecule has 1 aromatic heterocycles. The summed E-state index contributed by atoms with van der Waals surface area (Å²) in [5.74, 6) is 0. The van der Waals surface area contributed by atoms with E-state index in [1.807, 2.05) is 30.3 Å². The van der Waals surface area contributed by atoms with Gasteiger partial charge in [-0.15, -0.1) is 0 Å². The Balaban J connectivity index is 1.32. The van der Waals surface area contributed by atoms with E-state index in [2.05, 4.69) is 59.0 Å². The summed E-state index contributed by atoms with van der Waals surface area (Å²) < 4.78 is 8.08. The molecule has 4 rings (SSSR count). The largest absolute Gasteiger partial charge is 0.389 e. The fraction of sp³-hybridized carbons (Fsp3) is 0.385. The Labute approximate surface area is 179 Å². The maximum absolute atomic E-state index is 10.6. The van der Waals surface area contributed by atoms with Gasteiger partial charge in [-0.1, -0.05) is 54.6 Å². The molecule has 0 saturated heterocycles. The van der Waals surface area contributed by atoms with Crippen LogP contribution in [0.5, 0.6) is 0 Å². The van der Waals surface area contributed by atoms with E-state index in [1.165, 1.54) is 29.7 Å². The monoisotopic (exact) mass is 404 g/mol. The van der Waals surface area contributed by atoms with E-state index in [-0.39, 0.29) is 0 Å². The van der Waals surface area contributed by atoms with E-state index >= 15 is 0 Å². The van der Waals surface area contributed by atoms with Crippen LogP contribution in [0.15, 0.2) is 72.9 Å². The van der Waals surface area contributed by atoms with Gasteiger partial charge in [-0.05, 0) is 48.6 Å². The molecule has 0 amide bonds. The highest BCUT2D eigenvalue weighted by Gasteiger charge is 2.30. The van der Waals surface area contributed by atoms with Crippen molar-refractivity contribution in [1.82, 2.24) is 9.47 Å². The molecule has 0 aliphatic heterocycles. The molecule has 0 unspecified atom stereocenters. The van der Waals surface area contributed by atoms with Crippen molar-refractivity contribution in [3.05, 3.63) is 95.3 Å². The molecule has 0 bridgehead atoms. The van der Waals surface area contributed by atoms with E-state index in [0.29, 0.717) is 25.8 Å². The first-order valence-electron chi connectivity index (χ1n) is 10.9. The Morgan fingerprint density at radius 1 is 1.03 bits per heavy atom. The van der Waals surface area contributed by atoms with Crippen LogP contribution in [0.1, 0.15) is 35.2 Å².